The lowest BCUT2D eigenvalue weighted by Gasteiger charge is -2.06. The summed E-state index contributed by atoms with van der Waals surface area (Å²) in [6.07, 6.45) is 1.54. The first kappa shape index (κ1) is 13.8. The van der Waals surface area contributed by atoms with E-state index in [9.17, 15) is 16.8 Å². The Kier molecular flexibility index (Phi) is 3.72. The van der Waals surface area contributed by atoms with Crippen molar-refractivity contribution in [2.45, 2.75) is 16.2 Å². The molecule has 0 bridgehead atoms. The monoisotopic (exact) mass is 278 g/mol. The van der Waals surface area contributed by atoms with E-state index in [0.717, 1.165) is 6.07 Å². The lowest BCUT2D eigenvalue weighted by atomic mass is 10.1. The molecule has 6 nitrogen and oxygen atoms in total. The van der Waals surface area contributed by atoms with Crippen LogP contribution in [0.15, 0.2) is 40.6 Å². The Bertz CT molecular complexity index is 642. The maximum absolute atomic E-state index is 11.1. The molecule has 0 saturated carbocycles. The summed E-state index contributed by atoms with van der Waals surface area (Å²) in [5.74, 6) is 0. The number of hydrogen-bond acceptors (Lipinski definition) is 4. The first-order valence-electron chi connectivity index (χ1n) is 4.35. The summed E-state index contributed by atoms with van der Waals surface area (Å²) >= 11 is 0. The van der Waals surface area contributed by atoms with Crippen molar-refractivity contribution in [3.8, 4) is 0 Å². The highest BCUT2D eigenvalue weighted by molar-refractivity contribution is 7.86. The zero-order chi connectivity index (χ0) is 13.3. The summed E-state index contributed by atoms with van der Waals surface area (Å²) in [4.78, 5) is -1.16. The molecule has 0 aliphatic heterocycles. The van der Waals surface area contributed by atoms with Gasteiger partial charge < -0.3 is 0 Å². The van der Waals surface area contributed by atoms with Crippen LogP contribution in [0.3, 0.4) is 0 Å². The maximum atomic E-state index is 11.1. The van der Waals surface area contributed by atoms with E-state index in [-0.39, 0.29) is 12.0 Å². The smallest absolute Gasteiger partial charge is 0.282 e. The highest BCUT2D eigenvalue weighted by atomic mass is 32.2. The van der Waals surface area contributed by atoms with Gasteiger partial charge in [0.05, 0.1) is 9.79 Å². The van der Waals surface area contributed by atoms with E-state index in [2.05, 4.69) is 6.58 Å². The minimum atomic E-state index is -4.56. The van der Waals surface area contributed by atoms with Gasteiger partial charge in [0.15, 0.2) is 0 Å². The van der Waals surface area contributed by atoms with Crippen LogP contribution in [0.1, 0.15) is 5.56 Å². The third-order valence-electron chi connectivity index (χ3n) is 1.98. The molecule has 0 amide bonds. The third-order valence-corrected chi connectivity index (χ3v) is 3.76. The highest BCUT2D eigenvalue weighted by Gasteiger charge is 2.19. The van der Waals surface area contributed by atoms with Gasteiger partial charge in [0.2, 0.25) is 0 Å². The van der Waals surface area contributed by atoms with Gasteiger partial charge in [-0.05, 0) is 24.1 Å². The fourth-order valence-corrected chi connectivity index (χ4v) is 2.60. The first-order valence-corrected chi connectivity index (χ1v) is 7.23. The SMILES string of the molecule is C=CCc1ccc(S(=O)(=O)O)cc1S(=O)(=O)O. The minimum absolute atomic E-state index is 0.140. The van der Waals surface area contributed by atoms with Gasteiger partial charge in [-0.2, -0.15) is 16.8 Å². The molecule has 0 spiro atoms. The van der Waals surface area contributed by atoms with Gasteiger partial charge in [0.25, 0.3) is 20.2 Å². The molecule has 0 aliphatic rings. The maximum Gasteiger partial charge on any atom is 0.294 e. The number of benzene rings is 1. The van der Waals surface area contributed by atoms with Gasteiger partial charge in [-0.3, -0.25) is 9.11 Å². The van der Waals surface area contributed by atoms with Gasteiger partial charge in [-0.1, -0.05) is 12.1 Å². The molecule has 8 heteroatoms. The molecule has 0 heterocycles. The number of allylic oxidation sites excluding steroid dienone is 1. The average molecular weight is 278 g/mol. The Balaban J connectivity index is 3.56. The Morgan fingerprint density at radius 2 is 1.71 bits per heavy atom. The van der Waals surface area contributed by atoms with E-state index in [0.29, 0.717) is 6.07 Å². The van der Waals surface area contributed by atoms with Crippen molar-refractivity contribution >= 4 is 20.2 Å². The van der Waals surface area contributed by atoms with Crippen LogP contribution in [-0.4, -0.2) is 25.9 Å². The summed E-state index contributed by atoms with van der Waals surface area (Å²) in [6, 6.07) is 2.93. The number of rotatable bonds is 4. The van der Waals surface area contributed by atoms with Crippen LogP contribution in [0.4, 0.5) is 0 Å². The third kappa shape index (κ3) is 3.37. The predicted molar refractivity (Wildman–Crippen MR) is 60.0 cm³/mol. The van der Waals surface area contributed by atoms with Crippen molar-refractivity contribution in [1.29, 1.82) is 0 Å². The second kappa shape index (κ2) is 4.57. The standard InChI is InChI=1S/C9H10O6S2/c1-2-3-7-4-5-8(16(10,11)12)6-9(7)17(13,14)15/h2,4-6H,1,3H2,(H,10,11,12)(H,13,14,15). The molecule has 1 rings (SSSR count). The zero-order valence-corrected chi connectivity index (χ0v) is 10.2. The fourth-order valence-electron chi connectivity index (χ4n) is 1.26. The quantitative estimate of drug-likeness (QED) is 0.626. The van der Waals surface area contributed by atoms with Gasteiger partial charge in [-0.25, -0.2) is 0 Å². The van der Waals surface area contributed by atoms with E-state index < -0.39 is 30.0 Å². The molecule has 1 aromatic carbocycles. The van der Waals surface area contributed by atoms with Crippen LogP contribution >= 0.6 is 0 Å². The molecule has 0 aromatic heterocycles. The van der Waals surface area contributed by atoms with Crippen molar-refractivity contribution in [3.63, 3.8) is 0 Å². The Labute approximate surface area is 99.1 Å². The zero-order valence-electron chi connectivity index (χ0n) is 8.57. The summed E-state index contributed by atoms with van der Waals surface area (Å²) in [6.45, 7) is 3.41. The fraction of sp³-hybridized carbons (Fsp3) is 0.111. The normalized spacial score (nSPS) is 12.4. The second-order valence-corrected chi connectivity index (χ2v) is 6.02. The Morgan fingerprint density at radius 3 is 2.12 bits per heavy atom. The lowest BCUT2D eigenvalue weighted by Crippen LogP contribution is -2.06. The molecule has 2 N–H and O–H groups in total. The minimum Gasteiger partial charge on any atom is -0.282 e. The van der Waals surface area contributed by atoms with E-state index in [1.54, 1.807) is 0 Å². The molecule has 94 valence electrons. The van der Waals surface area contributed by atoms with Crippen LogP contribution < -0.4 is 0 Å². The van der Waals surface area contributed by atoms with E-state index in [1.165, 1.54) is 12.1 Å². The largest absolute Gasteiger partial charge is 0.294 e. The van der Waals surface area contributed by atoms with Crippen molar-refractivity contribution in [1.82, 2.24) is 0 Å². The highest BCUT2D eigenvalue weighted by Crippen LogP contribution is 2.21. The predicted octanol–water partition coefficient (Wildman–Crippen LogP) is 0.909. The Hall–Kier alpha value is -1.22. The molecule has 1 aromatic rings. The summed E-state index contributed by atoms with van der Waals surface area (Å²) in [7, 11) is -9.08. The summed E-state index contributed by atoms with van der Waals surface area (Å²) in [5, 5.41) is 0. The topological polar surface area (TPSA) is 109 Å². The molecule has 17 heavy (non-hydrogen) atoms. The van der Waals surface area contributed by atoms with Gasteiger partial charge in [0, 0.05) is 0 Å². The number of hydrogen-bond donors (Lipinski definition) is 2. The molecular formula is C9H10O6S2. The van der Waals surface area contributed by atoms with Crippen LogP contribution in [-0.2, 0) is 26.7 Å². The van der Waals surface area contributed by atoms with Crippen molar-refractivity contribution in [2.24, 2.45) is 0 Å². The van der Waals surface area contributed by atoms with Crippen LogP contribution in [0.25, 0.3) is 0 Å². The van der Waals surface area contributed by atoms with E-state index in [1.807, 2.05) is 0 Å². The average Bonchev–Trinajstić information content (AvgIpc) is 2.15. The lowest BCUT2D eigenvalue weighted by molar-refractivity contribution is 0.480. The second-order valence-electron chi connectivity index (χ2n) is 3.21. The van der Waals surface area contributed by atoms with Crippen molar-refractivity contribution < 1.29 is 25.9 Å². The molecule has 0 fully saturated rings. The van der Waals surface area contributed by atoms with E-state index >= 15 is 0 Å². The molecule has 0 unspecified atom stereocenters. The van der Waals surface area contributed by atoms with E-state index in [4.69, 9.17) is 9.11 Å². The molecule has 0 atom stereocenters. The van der Waals surface area contributed by atoms with Crippen LogP contribution in [0.5, 0.6) is 0 Å². The van der Waals surface area contributed by atoms with Gasteiger partial charge in [-0.15, -0.1) is 6.58 Å². The molecule has 0 radical (unpaired) electrons. The van der Waals surface area contributed by atoms with Crippen LogP contribution in [0.2, 0.25) is 0 Å². The van der Waals surface area contributed by atoms with Crippen molar-refractivity contribution in [2.75, 3.05) is 0 Å². The molecular weight excluding hydrogens is 268 g/mol. The van der Waals surface area contributed by atoms with Gasteiger partial charge in [0.1, 0.15) is 0 Å². The molecule has 0 saturated heterocycles. The van der Waals surface area contributed by atoms with Crippen LogP contribution in [0, 0.1) is 0 Å². The van der Waals surface area contributed by atoms with Crippen molar-refractivity contribution in [3.05, 3.63) is 36.4 Å². The molecule has 0 aliphatic carbocycles. The first-order chi connectivity index (χ1) is 7.66. The Morgan fingerprint density at radius 1 is 1.12 bits per heavy atom. The summed E-state index contributed by atoms with van der Waals surface area (Å²) < 4.78 is 61.5. The summed E-state index contributed by atoms with van der Waals surface area (Å²) in [5.41, 5.74) is 0.190. The van der Waals surface area contributed by atoms with Gasteiger partial charge >= 0.3 is 0 Å².